The maximum Gasteiger partial charge on any atom is 0.259 e. The van der Waals surface area contributed by atoms with Gasteiger partial charge in [0, 0.05) is 38.1 Å². The Hall–Kier alpha value is -2.82. The molecule has 5 nitrogen and oxygen atoms in total. The van der Waals surface area contributed by atoms with Crippen LogP contribution in [0.5, 0.6) is 0 Å². The molecule has 0 unspecified atom stereocenters. The van der Waals surface area contributed by atoms with Crippen LogP contribution in [-0.4, -0.2) is 29.5 Å². The van der Waals surface area contributed by atoms with Crippen LogP contribution in [0.25, 0.3) is 5.65 Å². The molecule has 2 aromatic heterocycles. The van der Waals surface area contributed by atoms with Crippen molar-refractivity contribution in [2.45, 2.75) is 6.42 Å². The zero-order chi connectivity index (χ0) is 16.1. The predicted molar refractivity (Wildman–Crippen MR) is 94.3 cm³/mol. The lowest BCUT2D eigenvalue weighted by molar-refractivity contribution is 0.813. The van der Waals surface area contributed by atoms with Crippen molar-refractivity contribution in [2.75, 3.05) is 30.4 Å². The van der Waals surface area contributed by atoms with Crippen LogP contribution < -0.4 is 15.8 Å². The second-order valence-electron chi connectivity index (χ2n) is 5.45. The van der Waals surface area contributed by atoms with Crippen molar-refractivity contribution in [3.8, 4) is 0 Å². The van der Waals surface area contributed by atoms with E-state index in [-0.39, 0.29) is 5.56 Å². The van der Waals surface area contributed by atoms with Crippen LogP contribution in [-0.2, 0) is 0 Å². The van der Waals surface area contributed by atoms with Gasteiger partial charge in [-0.1, -0.05) is 24.3 Å². The lowest BCUT2D eigenvalue weighted by Crippen LogP contribution is -2.21. The first-order valence-corrected chi connectivity index (χ1v) is 7.72. The number of para-hydroxylation sites is 1. The lowest BCUT2D eigenvalue weighted by Gasteiger charge is -2.19. The molecule has 0 fully saturated rings. The van der Waals surface area contributed by atoms with Crippen molar-refractivity contribution in [3.05, 3.63) is 71.1 Å². The van der Waals surface area contributed by atoms with Crippen molar-refractivity contribution in [2.24, 2.45) is 0 Å². The van der Waals surface area contributed by atoms with E-state index in [2.05, 4.69) is 34.4 Å². The minimum Gasteiger partial charge on any atom is -0.375 e. The Balaban J connectivity index is 1.56. The van der Waals surface area contributed by atoms with Gasteiger partial charge in [0.1, 0.15) is 11.5 Å². The molecule has 0 saturated carbocycles. The van der Waals surface area contributed by atoms with Crippen LogP contribution in [0.4, 0.5) is 11.5 Å². The van der Waals surface area contributed by atoms with E-state index < -0.39 is 0 Å². The highest BCUT2D eigenvalue weighted by molar-refractivity contribution is 5.46. The third-order valence-corrected chi connectivity index (χ3v) is 3.74. The van der Waals surface area contributed by atoms with Gasteiger partial charge in [0.15, 0.2) is 0 Å². The Labute approximate surface area is 135 Å². The topological polar surface area (TPSA) is 49.6 Å². The van der Waals surface area contributed by atoms with Crippen molar-refractivity contribution in [1.82, 2.24) is 9.38 Å². The maximum absolute atomic E-state index is 12.0. The van der Waals surface area contributed by atoms with Crippen molar-refractivity contribution in [1.29, 1.82) is 0 Å². The number of benzene rings is 1. The second-order valence-corrected chi connectivity index (χ2v) is 5.45. The van der Waals surface area contributed by atoms with E-state index in [0.29, 0.717) is 11.5 Å². The van der Waals surface area contributed by atoms with Crippen molar-refractivity contribution in [3.63, 3.8) is 0 Å². The molecule has 0 bridgehead atoms. The minimum atomic E-state index is -0.0699. The molecule has 0 saturated heterocycles. The molecule has 0 atom stereocenters. The van der Waals surface area contributed by atoms with Crippen molar-refractivity contribution >= 4 is 17.2 Å². The Morgan fingerprint density at radius 3 is 2.74 bits per heavy atom. The van der Waals surface area contributed by atoms with Gasteiger partial charge in [-0.2, -0.15) is 0 Å². The predicted octanol–water partition coefficient (Wildman–Crippen LogP) is 2.63. The Morgan fingerprint density at radius 2 is 1.91 bits per heavy atom. The molecule has 23 heavy (non-hydrogen) atoms. The van der Waals surface area contributed by atoms with E-state index in [9.17, 15) is 4.79 Å². The number of nitrogens with zero attached hydrogens (tertiary/aromatic N) is 3. The van der Waals surface area contributed by atoms with Gasteiger partial charge in [-0.3, -0.25) is 9.20 Å². The Kier molecular flexibility index (Phi) is 4.57. The molecule has 0 amide bonds. The Bertz CT molecular complexity index is 829. The maximum atomic E-state index is 12.0. The third-order valence-electron chi connectivity index (χ3n) is 3.74. The fraction of sp³-hybridized carbons (Fsp3) is 0.222. The molecule has 0 aliphatic carbocycles. The van der Waals surface area contributed by atoms with Gasteiger partial charge in [-0.05, 0) is 30.7 Å². The number of aromatic nitrogens is 2. The summed E-state index contributed by atoms with van der Waals surface area (Å²) in [6, 6.07) is 17.3. The zero-order valence-electron chi connectivity index (χ0n) is 13.1. The van der Waals surface area contributed by atoms with E-state index in [0.717, 1.165) is 19.5 Å². The lowest BCUT2D eigenvalue weighted by atomic mass is 10.3. The summed E-state index contributed by atoms with van der Waals surface area (Å²) in [5.74, 6) is 0.628. The van der Waals surface area contributed by atoms with Gasteiger partial charge in [0.25, 0.3) is 5.56 Å². The second kappa shape index (κ2) is 6.96. The average molecular weight is 308 g/mol. The normalized spacial score (nSPS) is 10.7. The largest absolute Gasteiger partial charge is 0.375 e. The van der Waals surface area contributed by atoms with Crippen LogP contribution in [0.15, 0.2) is 65.6 Å². The molecular formula is C18H20N4O. The van der Waals surface area contributed by atoms with E-state index in [1.54, 1.807) is 6.20 Å². The molecule has 3 aromatic rings. The summed E-state index contributed by atoms with van der Waals surface area (Å²) in [5.41, 5.74) is 1.79. The number of nitrogens with one attached hydrogen (secondary N) is 1. The molecule has 0 spiro atoms. The number of fused-ring (bicyclic) bond motifs is 1. The number of hydrogen-bond donors (Lipinski definition) is 1. The SMILES string of the molecule is CN(CCCNc1cc(=O)n2ccccc2n1)c1ccccc1. The van der Waals surface area contributed by atoms with Crippen LogP contribution in [0.3, 0.4) is 0 Å². The summed E-state index contributed by atoms with van der Waals surface area (Å²) in [6.45, 7) is 1.70. The average Bonchev–Trinajstić information content (AvgIpc) is 2.59. The number of rotatable bonds is 6. The van der Waals surface area contributed by atoms with Gasteiger partial charge >= 0.3 is 0 Å². The van der Waals surface area contributed by atoms with Gasteiger partial charge < -0.3 is 10.2 Å². The molecule has 1 N–H and O–H groups in total. The molecule has 0 aliphatic heterocycles. The molecule has 0 radical (unpaired) electrons. The molecule has 118 valence electrons. The van der Waals surface area contributed by atoms with E-state index in [1.165, 1.54) is 16.2 Å². The molecule has 2 heterocycles. The van der Waals surface area contributed by atoms with E-state index in [1.807, 2.05) is 36.4 Å². The summed E-state index contributed by atoms with van der Waals surface area (Å²) in [7, 11) is 2.08. The summed E-state index contributed by atoms with van der Waals surface area (Å²) in [4.78, 5) is 18.7. The quantitative estimate of drug-likeness (QED) is 0.711. The number of anilines is 2. The van der Waals surface area contributed by atoms with Crippen molar-refractivity contribution < 1.29 is 0 Å². The summed E-state index contributed by atoms with van der Waals surface area (Å²) in [5, 5.41) is 3.23. The summed E-state index contributed by atoms with van der Waals surface area (Å²) >= 11 is 0. The first-order chi connectivity index (χ1) is 11.2. The molecule has 5 heteroatoms. The van der Waals surface area contributed by atoms with Gasteiger partial charge in [0.05, 0.1) is 0 Å². The highest BCUT2D eigenvalue weighted by Crippen LogP contribution is 2.11. The number of pyridine rings is 1. The van der Waals surface area contributed by atoms with Crippen LogP contribution in [0.1, 0.15) is 6.42 Å². The smallest absolute Gasteiger partial charge is 0.259 e. The Morgan fingerprint density at radius 1 is 1.13 bits per heavy atom. The molecular weight excluding hydrogens is 288 g/mol. The first kappa shape index (κ1) is 15.1. The minimum absolute atomic E-state index is 0.0699. The van der Waals surface area contributed by atoms with Gasteiger partial charge in [0.2, 0.25) is 0 Å². The summed E-state index contributed by atoms with van der Waals surface area (Å²) < 4.78 is 1.54. The van der Waals surface area contributed by atoms with E-state index >= 15 is 0 Å². The zero-order valence-corrected chi connectivity index (χ0v) is 13.1. The molecule has 0 aliphatic rings. The van der Waals surface area contributed by atoms with Gasteiger partial charge in [-0.25, -0.2) is 4.98 Å². The fourth-order valence-electron chi connectivity index (χ4n) is 2.49. The highest BCUT2D eigenvalue weighted by atomic mass is 16.1. The van der Waals surface area contributed by atoms with Crippen LogP contribution in [0, 0.1) is 0 Å². The van der Waals surface area contributed by atoms with Gasteiger partial charge in [-0.15, -0.1) is 0 Å². The first-order valence-electron chi connectivity index (χ1n) is 7.72. The molecule has 1 aromatic carbocycles. The third kappa shape index (κ3) is 3.69. The highest BCUT2D eigenvalue weighted by Gasteiger charge is 2.02. The fourth-order valence-corrected chi connectivity index (χ4v) is 2.49. The molecule has 3 rings (SSSR count). The number of hydrogen-bond acceptors (Lipinski definition) is 4. The monoisotopic (exact) mass is 308 g/mol. The van der Waals surface area contributed by atoms with E-state index in [4.69, 9.17) is 0 Å². The summed E-state index contributed by atoms with van der Waals surface area (Å²) in [6.07, 6.45) is 2.69. The van der Waals surface area contributed by atoms with Crippen LogP contribution in [0.2, 0.25) is 0 Å². The van der Waals surface area contributed by atoms with Crippen LogP contribution >= 0.6 is 0 Å². The standard InChI is InChI=1S/C18H20N4O/c1-21(15-8-3-2-4-9-15)12-7-11-19-16-14-18(23)22-13-6-5-10-17(22)20-16/h2-6,8-10,13-14,19H,7,11-12H2,1H3.